The molecule has 0 amide bonds. The molecular formula is C14H17F3O. The van der Waals surface area contributed by atoms with Gasteiger partial charge in [-0.25, -0.2) is 4.39 Å². The molecule has 0 bridgehead atoms. The summed E-state index contributed by atoms with van der Waals surface area (Å²) in [6, 6.07) is 3.98. The van der Waals surface area contributed by atoms with Crippen LogP contribution in [-0.2, 0) is 11.3 Å². The van der Waals surface area contributed by atoms with Gasteiger partial charge in [-0.15, -0.1) is 0 Å². The number of benzene rings is 1. The minimum Gasteiger partial charge on any atom is -0.383 e. The van der Waals surface area contributed by atoms with Crippen molar-refractivity contribution in [1.82, 2.24) is 0 Å². The van der Waals surface area contributed by atoms with Gasteiger partial charge in [0.25, 0.3) is 0 Å². The molecule has 1 fully saturated rings. The second-order valence-electron chi connectivity index (χ2n) is 6.02. The summed E-state index contributed by atoms with van der Waals surface area (Å²) in [5, 5.41) is 9.61. The summed E-state index contributed by atoms with van der Waals surface area (Å²) in [6.07, 6.45) is 0.0262. The van der Waals surface area contributed by atoms with Crippen molar-refractivity contribution in [3.63, 3.8) is 0 Å². The van der Waals surface area contributed by atoms with Gasteiger partial charge in [-0.05, 0) is 29.9 Å². The lowest BCUT2D eigenvalue weighted by molar-refractivity contribution is -0.134. The number of halogens is 3. The number of aliphatic hydroxyl groups is 1. The molecule has 0 aliphatic heterocycles. The molecule has 100 valence electrons. The van der Waals surface area contributed by atoms with Crippen molar-refractivity contribution in [2.75, 3.05) is 0 Å². The van der Waals surface area contributed by atoms with Crippen LogP contribution in [-0.4, -0.2) is 10.7 Å². The molecule has 0 unspecified atom stereocenters. The molecule has 0 aromatic heterocycles. The van der Waals surface area contributed by atoms with Crippen molar-refractivity contribution in [2.45, 2.75) is 50.6 Å². The lowest BCUT2D eigenvalue weighted by Crippen LogP contribution is -2.34. The molecule has 1 aromatic carbocycles. The van der Waals surface area contributed by atoms with Gasteiger partial charge in [-0.3, -0.25) is 0 Å². The fraction of sp³-hybridized carbons (Fsp3) is 0.571. The van der Waals surface area contributed by atoms with Gasteiger partial charge in [-0.1, -0.05) is 32.9 Å². The van der Waals surface area contributed by atoms with Crippen LogP contribution in [0.4, 0.5) is 13.2 Å². The predicted molar refractivity (Wildman–Crippen MR) is 63.2 cm³/mol. The van der Waals surface area contributed by atoms with Gasteiger partial charge in [0.15, 0.2) is 0 Å². The summed E-state index contributed by atoms with van der Waals surface area (Å²) in [4.78, 5) is 0. The first-order chi connectivity index (χ1) is 8.09. The van der Waals surface area contributed by atoms with E-state index in [1.54, 1.807) is 20.8 Å². The molecule has 18 heavy (non-hydrogen) atoms. The Morgan fingerprint density at radius 1 is 1.11 bits per heavy atom. The van der Waals surface area contributed by atoms with Gasteiger partial charge in [0, 0.05) is 0 Å². The second-order valence-corrected chi connectivity index (χ2v) is 6.02. The smallest absolute Gasteiger partial charge is 0.304 e. The third-order valence-electron chi connectivity index (χ3n) is 3.45. The monoisotopic (exact) mass is 258 g/mol. The third kappa shape index (κ3) is 1.92. The number of hydrogen-bond acceptors (Lipinski definition) is 1. The summed E-state index contributed by atoms with van der Waals surface area (Å²) in [7, 11) is 0. The van der Waals surface area contributed by atoms with Crippen molar-refractivity contribution < 1.29 is 18.3 Å². The van der Waals surface area contributed by atoms with Crippen LogP contribution in [0.2, 0.25) is 0 Å². The van der Waals surface area contributed by atoms with Gasteiger partial charge in [-0.2, -0.15) is 8.78 Å². The SMILES string of the molecule is CC(C)(C)c1cccc(C(F)(F)C2(O)CC2)c1F. The first-order valence-corrected chi connectivity index (χ1v) is 5.99. The van der Waals surface area contributed by atoms with Gasteiger partial charge < -0.3 is 5.11 Å². The minimum atomic E-state index is -3.53. The van der Waals surface area contributed by atoms with Crippen molar-refractivity contribution in [2.24, 2.45) is 0 Å². The highest BCUT2D eigenvalue weighted by molar-refractivity contribution is 5.36. The summed E-state index contributed by atoms with van der Waals surface area (Å²) in [6.45, 7) is 5.29. The summed E-state index contributed by atoms with van der Waals surface area (Å²) >= 11 is 0. The lowest BCUT2D eigenvalue weighted by Gasteiger charge is -2.26. The second kappa shape index (κ2) is 3.73. The maximum absolute atomic E-state index is 14.2. The fourth-order valence-corrected chi connectivity index (χ4v) is 2.04. The van der Waals surface area contributed by atoms with Crippen LogP contribution in [0.5, 0.6) is 0 Å². The Labute approximate surface area is 105 Å². The van der Waals surface area contributed by atoms with E-state index < -0.39 is 28.3 Å². The molecule has 1 nitrogen and oxygen atoms in total. The Balaban J connectivity index is 2.53. The molecule has 1 saturated carbocycles. The van der Waals surface area contributed by atoms with Crippen LogP contribution >= 0.6 is 0 Å². The van der Waals surface area contributed by atoms with E-state index in [0.717, 1.165) is 6.07 Å². The van der Waals surface area contributed by atoms with E-state index in [1.165, 1.54) is 12.1 Å². The van der Waals surface area contributed by atoms with Crippen LogP contribution in [0, 0.1) is 5.82 Å². The zero-order valence-electron chi connectivity index (χ0n) is 10.7. The summed E-state index contributed by atoms with van der Waals surface area (Å²) < 4.78 is 42.4. The van der Waals surface area contributed by atoms with E-state index in [0.29, 0.717) is 0 Å². The number of hydrogen-bond donors (Lipinski definition) is 1. The molecule has 1 aliphatic rings. The molecule has 4 heteroatoms. The quantitative estimate of drug-likeness (QED) is 0.856. The van der Waals surface area contributed by atoms with E-state index in [1.807, 2.05) is 0 Å². The molecule has 1 aromatic rings. The Morgan fingerprint density at radius 2 is 1.61 bits per heavy atom. The van der Waals surface area contributed by atoms with Crippen molar-refractivity contribution in [1.29, 1.82) is 0 Å². The van der Waals surface area contributed by atoms with Crippen LogP contribution < -0.4 is 0 Å². The van der Waals surface area contributed by atoms with Gasteiger partial charge in [0.05, 0.1) is 5.56 Å². The Kier molecular flexibility index (Phi) is 2.78. The Morgan fingerprint density at radius 3 is 2.06 bits per heavy atom. The molecule has 2 rings (SSSR count). The molecule has 0 heterocycles. The van der Waals surface area contributed by atoms with Crippen molar-refractivity contribution >= 4 is 0 Å². The molecule has 0 radical (unpaired) electrons. The highest BCUT2D eigenvalue weighted by Crippen LogP contribution is 2.54. The molecule has 0 saturated heterocycles. The Bertz CT molecular complexity index is 470. The van der Waals surface area contributed by atoms with Gasteiger partial charge >= 0.3 is 5.92 Å². The predicted octanol–water partition coefficient (Wildman–Crippen LogP) is 3.74. The molecule has 0 atom stereocenters. The van der Waals surface area contributed by atoms with Crippen molar-refractivity contribution in [3.8, 4) is 0 Å². The van der Waals surface area contributed by atoms with Crippen LogP contribution in [0.3, 0.4) is 0 Å². The summed E-state index contributed by atoms with van der Waals surface area (Å²) in [5.74, 6) is -4.44. The van der Waals surface area contributed by atoms with Gasteiger partial charge in [0.2, 0.25) is 0 Å². The highest BCUT2D eigenvalue weighted by Gasteiger charge is 2.63. The third-order valence-corrected chi connectivity index (χ3v) is 3.45. The van der Waals surface area contributed by atoms with Gasteiger partial charge in [0.1, 0.15) is 11.4 Å². The average molecular weight is 258 g/mol. The molecule has 1 aliphatic carbocycles. The number of rotatable bonds is 2. The minimum absolute atomic E-state index is 0.0131. The van der Waals surface area contributed by atoms with E-state index in [2.05, 4.69) is 0 Å². The standard InChI is InChI=1S/C14H17F3O/c1-12(2,3)9-5-4-6-10(11(9)15)14(16,17)13(18)7-8-13/h4-6,18H,7-8H2,1-3H3. The van der Waals surface area contributed by atoms with E-state index in [-0.39, 0.29) is 18.4 Å². The highest BCUT2D eigenvalue weighted by atomic mass is 19.3. The molecular weight excluding hydrogens is 241 g/mol. The largest absolute Gasteiger partial charge is 0.383 e. The first kappa shape index (κ1) is 13.4. The van der Waals surface area contributed by atoms with E-state index in [4.69, 9.17) is 0 Å². The lowest BCUT2D eigenvalue weighted by atomic mass is 9.84. The fourth-order valence-electron chi connectivity index (χ4n) is 2.04. The maximum atomic E-state index is 14.2. The topological polar surface area (TPSA) is 20.2 Å². The van der Waals surface area contributed by atoms with Crippen LogP contribution in [0.25, 0.3) is 0 Å². The first-order valence-electron chi connectivity index (χ1n) is 5.99. The van der Waals surface area contributed by atoms with E-state index in [9.17, 15) is 18.3 Å². The maximum Gasteiger partial charge on any atom is 0.304 e. The molecule has 0 spiro atoms. The average Bonchev–Trinajstić information content (AvgIpc) is 2.96. The summed E-state index contributed by atoms with van der Waals surface area (Å²) in [5.41, 5.74) is -3.08. The number of alkyl halides is 2. The van der Waals surface area contributed by atoms with Crippen molar-refractivity contribution in [3.05, 3.63) is 35.1 Å². The molecule has 1 N–H and O–H groups in total. The van der Waals surface area contributed by atoms with E-state index >= 15 is 0 Å². The zero-order valence-corrected chi connectivity index (χ0v) is 10.7. The van der Waals surface area contributed by atoms with Crippen LogP contribution in [0.1, 0.15) is 44.7 Å². The Hall–Kier alpha value is -1.03. The normalized spacial score (nSPS) is 18.8. The zero-order chi connectivity index (χ0) is 13.8. The van der Waals surface area contributed by atoms with Crippen LogP contribution in [0.15, 0.2) is 18.2 Å².